The van der Waals surface area contributed by atoms with Crippen LogP contribution in [0, 0.1) is 10.1 Å². The number of hydrogen-bond donors (Lipinski definition) is 1. The summed E-state index contributed by atoms with van der Waals surface area (Å²) in [5.41, 5.74) is 0.810. The molecule has 0 aliphatic heterocycles. The molecule has 0 aliphatic carbocycles. The molecule has 1 amide bonds. The Labute approximate surface area is 118 Å². The quantitative estimate of drug-likeness (QED) is 0.641. The van der Waals surface area contributed by atoms with Crippen molar-refractivity contribution < 1.29 is 9.72 Å². The number of nitrogens with zero attached hydrogens (tertiary/aromatic N) is 2. The first-order valence-corrected chi connectivity index (χ1v) is 6.71. The van der Waals surface area contributed by atoms with E-state index in [9.17, 15) is 14.9 Å². The molecule has 1 unspecified atom stereocenters. The van der Waals surface area contributed by atoms with E-state index in [2.05, 4.69) is 5.32 Å². The highest BCUT2D eigenvalue weighted by Gasteiger charge is 2.20. The number of nitrogens with one attached hydrogen (secondary N) is 1. The van der Waals surface area contributed by atoms with Crippen molar-refractivity contribution in [1.82, 2.24) is 4.90 Å². The third kappa shape index (κ3) is 3.46. The fourth-order valence-electron chi connectivity index (χ4n) is 1.84. The standard InChI is InChI=1S/C14H21N3O3/c1-5-10(3)16(4)14(18)11-7-8-13(17(19)20)12(9-11)15-6-2/h7-10,15H,5-6H2,1-4H3. The third-order valence-corrected chi connectivity index (χ3v) is 3.38. The van der Waals surface area contributed by atoms with Gasteiger partial charge in [-0.1, -0.05) is 6.92 Å². The van der Waals surface area contributed by atoms with Gasteiger partial charge in [0.25, 0.3) is 11.6 Å². The largest absolute Gasteiger partial charge is 0.380 e. The average molecular weight is 279 g/mol. The lowest BCUT2D eigenvalue weighted by atomic mass is 10.1. The molecule has 6 nitrogen and oxygen atoms in total. The Hall–Kier alpha value is -2.11. The Bertz CT molecular complexity index is 502. The van der Waals surface area contributed by atoms with Crippen molar-refractivity contribution in [3.8, 4) is 0 Å². The lowest BCUT2D eigenvalue weighted by molar-refractivity contribution is -0.384. The molecule has 0 saturated carbocycles. The zero-order valence-electron chi connectivity index (χ0n) is 12.3. The van der Waals surface area contributed by atoms with Crippen LogP contribution in [0.25, 0.3) is 0 Å². The number of carbonyl (C=O) groups is 1. The van der Waals surface area contributed by atoms with Crippen LogP contribution in [0.1, 0.15) is 37.6 Å². The summed E-state index contributed by atoms with van der Waals surface area (Å²) < 4.78 is 0. The summed E-state index contributed by atoms with van der Waals surface area (Å²) in [4.78, 5) is 24.4. The second-order valence-electron chi connectivity index (χ2n) is 4.69. The van der Waals surface area contributed by atoms with E-state index >= 15 is 0 Å². The molecule has 1 aromatic rings. The highest BCUT2D eigenvalue weighted by molar-refractivity contribution is 5.96. The van der Waals surface area contributed by atoms with Crippen molar-refractivity contribution in [2.24, 2.45) is 0 Å². The number of anilines is 1. The van der Waals surface area contributed by atoms with E-state index in [1.165, 1.54) is 12.1 Å². The number of nitro benzene ring substituents is 1. The molecular formula is C14H21N3O3. The molecule has 1 N–H and O–H groups in total. The van der Waals surface area contributed by atoms with E-state index in [1.807, 2.05) is 20.8 Å². The molecule has 0 bridgehead atoms. The van der Waals surface area contributed by atoms with Gasteiger partial charge >= 0.3 is 0 Å². The zero-order chi connectivity index (χ0) is 15.3. The summed E-state index contributed by atoms with van der Waals surface area (Å²) in [5.74, 6) is -0.131. The topological polar surface area (TPSA) is 75.5 Å². The van der Waals surface area contributed by atoms with Crippen molar-refractivity contribution in [2.75, 3.05) is 18.9 Å². The summed E-state index contributed by atoms with van der Waals surface area (Å²) in [5, 5.41) is 13.9. The van der Waals surface area contributed by atoms with Crippen molar-refractivity contribution in [1.29, 1.82) is 0 Å². The predicted octanol–water partition coefficient (Wildman–Crippen LogP) is 2.90. The minimum atomic E-state index is -0.454. The van der Waals surface area contributed by atoms with Crippen molar-refractivity contribution >= 4 is 17.3 Å². The van der Waals surface area contributed by atoms with Crippen LogP contribution < -0.4 is 5.32 Å². The van der Waals surface area contributed by atoms with Gasteiger partial charge in [-0.2, -0.15) is 0 Å². The predicted molar refractivity (Wildman–Crippen MR) is 79.1 cm³/mol. The number of benzene rings is 1. The van der Waals surface area contributed by atoms with Crippen LogP contribution in [-0.4, -0.2) is 35.4 Å². The maximum absolute atomic E-state index is 12.3. The number of amides is 1. The van der Waals surface area contributed by atoms with Crippen LogP contribution in [-0.2, 0) is 0 Å². The van der Waals surface area contributed by atoms with Crippen molar-refractivity contribution in [3.63, 3.8) is 0 Å². The Morgan fingerprint density at radius 1 is 1.45 bits per heavy atom. The first kappa shape index (κ1) is 15.9. The second-order valence-corrected chi connectivity index (χ2v) is 4.69. The Kier molecular flexibility index (Phi) is 5.49. The zero-order valence-corrected chi connectivity index (χ0v) is 12.3. The molecular weight excluding hydrogens is 258 g/mol. The van der Waals surface area contributed by atoms with Gasteiger partial charge in [-0.15, -0.1) is 0 Å². The molecule has 0 heterocycles. The maximum Gasteiger partial charge on any atom is 0.292 e. The van der Waals surface area contributed by atoms with Gasteiger partial charge in [0.05, 0.1) is 4.92 Å². The van der Waals surface area contributed by atoms with Crippen LogP contribution in [0.2, 0.25) is 0 Å². The summed E-state index contributed by atoms with van der Waals surface area (Å²) >= 11 is 0. The van der Waals surface area contributed by atoms with Gasteiger partial charge in [-0.25, -0.2) is 0 Å². The molecule has 110 valence electrons. The van der Waals surface area contributed by atoms with Gasteiger partial charge in [0, 0.05) is 31.3 Å². The minimum Gasteiger partial charge on any atom is -0.380 e. The number of hydrogen-bond acceptors (Lipinski definition) is 4. The van der Waals surface area contributed by atoms with Gasteiger partial charge in [-0.3, -0.25) is 14.9 Å². The van der Waals surface area contributed by atoms with E-state index in [4.69, 9.17) is 0 Å². The number of rotatable bonds is 6. The lowest BCUT2D eigenvalue weighted by Gasteiger charge is -2.24. The molecule has 6 heteroatoms. The monoisotopic (exact) mass is 279 g/mol. The fraction of sp³-hybridized carbons (Fsp3) is 0.500. The molecule has 0 aliphatic rings. The molecule has 0 radical (unpaired) electrons. The molecule has 0 spiro atoms. The first-order valence-electron chi connectivity index (χ1n) is 6.71. The van der Waals surface area contributed by atoms with E-state index in [0.29, 0.717) is 17.8 Å². The molecule has 1 rings (SSSR count). The summed E-state index contributed by atoms with van der Waals surface area (Å²) in [6, 6.07) is 4.54. The van der Waals surface area contributed by atoms with Crippen LogP contribution in [0.5, 0.6) is 0 Å². The van der Waals surface area contributed by atoms with Crippen LogP contribution >= 0.6 is 0 Å². The molecule has 0 saturated heterocycles. The Balaban J connectivity index is 3.11. The van der Waals surface area contributed by atoms with E-state index in [-0.39, 0.29) is 17.6 Å². The average Bonchev–Trinajstić information content (AvgIpc) is 2.44. The summed E-state index contributed by atoms with van der Waals surface area (Å²) in [6.07, 6.45) is 0.856. The normalized spacial score (nSPS) is 11.8. The Morgan fingerprint density at radius 3 is 2.60 bits per heavy atom. The van der Waals surface area contributed by atoms with Crippen molar-refractivity contribution in [2.45, 2.75) is 33.2 Å². The molecule has 20 heavy (non-hydrogen) atoms. The molecule has 0 aromatic heterocycles. The molecule has 0 fully saturated rings. The van der Waals surface area contributed by atoms with E-state index in [1.54, 1.807) is 18.0 Å². The van der Waals surface area contributed by atoms with E-state index < -0.39 is 4.92 Å². The number of nitro groups is 1. The van der Waals surface area contributed by atoms with Gasteiger partial charge < -0.3 is 10.2 Å². The molecule has 1 aromatic carbocycles. The highest BCUT2D eigenvalue weighted by atomic mass is 16.6. The van der Waals surface area contributed by atoms with Gasteiger partial charge in [0.15, 0.2) is 0 Å². The number of carbonyl (C=O) groups excluding carboxylic acids is 1. The van der Waals surface area contributed by atoms with Crippen molar-refractivity contribution in [3.05, 3.63) is 33.9 Å². The van der Waals surface area contributed by atoms with Crippen LogP contribution in [0.4, 0.5) is 11.4 Å². The third-order valence-electron chi connectivity index (χ3n) is 3.38. The minimum absolute atomic E-state index is 0.0189. The first-order chi connectivity index (χ1) is 9.42. The van der Waals surface area contributed by atoms with E-state index in [0.717, 1.165) is 6.42 Å². The van der Waals surface area contributed by atoms with Gasteiger partial charge in [0.1, 0.15) is 5.69 Å². The smallest absolute Gasteiger partial charge is 0.292 e. The summed E-state index contributed by atoms with van der Waals surface area (Å²) in [6.45, 7) is 6.38. The fourth-order valence-corrected chi connectivity index (χ4v) is 1.84. The van der Waals surface area contributed by atoms with Crippen LogP contribution in [0.3, 0.4) is 0 Å². The van der Waals surface area contributed by atoms with Gasteiger partial charge in [0.2, 0.25) is 0 Å². The maximum atomic E-state index is 12.3. The SMILES string of the molecule is CCNc1cc(C(=O)N(C)C(C)CC)ccc1[N+](=O)[O-]. The second kappa shape index (κ2) is 6.88. The highest BCUT2D eigenvalue weighted by Crippen LogP contribution is 2.26. The summed E-state index contributed by atoms with van der Waals surface area (Å²) in [7, 11) is 1.74. The van der Waals surface area contributed by atoms with Crippen LogP contribution in [0.15, 0.2) is 18.2 Å². The Morgan fingerprint density at radius 2 is 2.10 bits per heavy atom. The lowest BCUT2D eigenvalue weighted by Crippen LogP contribution is -2.34. The van der Waals surface area contributed by atoms with Gasteiger partial charge in [-0.05, 0) is 32.4 Å². The molecule has 1 atom stereocenters.